The highest BCUT2D eigenvalue weighted by atomic mass is 16.3. The number of hydrogen-bond acceptors (Lipinski definition) is 5. The van der Waals surface area contributed by atoms with Gasteiger partial charge in [0.2, 0.25) is 5.95 Å². The lowest BCUT2D eigenvalue weighted by atomic mass is 10.2. The van der Waals surface area contributed by atoms with Crippen LogP contribution in [-0.2, 0) is 0 Å². The lowest BCUT2D eigenvalue weighted by Crippen LogP contribution is -2.24. The summed E-state index contributed by atoms with van der Waals surface area (Å²) in [5, 5.41) is 12.5. The second kappa shape index (κ2) is 7.16. The molecule has 18 heavy (non-hydrogen) atoms. The quantitative estimate of drug-likeness (QED) is 0.775. The number of anilines is 2. The van der Waals surface area contributed by atoms with Gasteiger partial charge in [-0.2, -0.15) is 4.98 Å². The molecule has 2 N–H and O–H groups in total. The predicted molar refractivity (Wildman–Crippen MR) is 75.1 cm³/mol. The zero-order valence-electron chi connectivity index (χ0n) is 11.8. The van der Waals surface area contributed by atoms with Gasteiger partial charge in [-0.3, -0.25) is 0 Å². The van der Waals surface area contributed by atoms with Gasteiger partial charge in [-0.05, 0) is 26.7 Å². The van der Waals surface area contributed by atoms with Crippen LogP contribution in [0.3, 0.4) is 0 Å². The zero-order chi connectivity index (χ0) is 13.5. The lowest BCUT2D eigenvalue weighted by molar-refractivity contribution is 0.187. The highest BCUT2D eigenvalue weighted by molar-refractivity contribution is 5.48. The Morgan fingerprint density at radius 2 is 2.22 bits per heavy atom. The van der Waals surface area contributed by atoms with Crippen molar-refractivity contribution in [1.82, 2.24) is 9.97 Å². The first-order valence-electron chi connectivity index (χ1n) is 6.51. The Kier molecular flexibility index (Phi) is 5.85. The van der Waals surface area contributed by atoms with E-state index in [1.807, 2.05) is 20.2 Å². The molecule has 1 rings (SSSR count). The Labute approximate surface area is 109 Å². The second-order valence-electron chi connectivity index (χ2n) is 4.69. The Balaban J connectivity index is 2.72. The van der Waals surface area contributed by atoms with Gasteiger partial charge in [0, 0.05) is 31.9 Å². The van der Waals surface area contributed by atoms with Gasteiger partial charge in [-0.25, -0.2) is 4.98 Å². The Morgan fingerprint density at radius 3 is 2.83 bits per heavy atom. The van der Waals surface area contributed by atoms with Crippen LogP contribution >= 0.6 is 0 Å². The van der Waals surface area contributed by atoms with Crippen molar-refractivity contribution >= 4 is 11.8 Å². The minimum Gasteiger partial charge on any atom is -0.393 e. The number of hydrogen-bond donors (Lipinski definition) is 2. The largest absolute Gasteiger partial charge is 0.393 e. The van der Waals surface area contributed by atoms with Gasteiger partial charge in [0.25, 0.3) is 0 Å². The molecule has 0 fully saturated rings. The van der Waals surface area contributed by atoms with Gasteiger partial charge in [0.1, 0.15) is 5.82 Å². The molecule has 102 valence electrons. The molecule has 5 heteroatoms. The molecule has 1 aromatic heterocycles. The summed E-state index contributed by atoms with van der Waals surface area (Å²) in [7, 11) is 1.99. The van der Waals surface area contributed by atoms with Gasteiger partial charge in [0.05, 0.1) is 6.10 Å². The number of rotatable bonds is 7. The van der Waals surface area contributed by atoms with Gasteiger partial charge < -0.3 is 15.3 Å². The average molecular weight is 252 g/mol. The highest BCUT2D eigenvalue weighted by Gasteiger charge is 2.09. The molecule has 0 aliphatic carbocycles. The van der Waals surface area contributed by atoms with E-state index in [1.165, 1.54) is 0 Å². The van der Waals surface area contributed by atoms with Crippen molar-refractivity contribution in [1.29, 1.82) is 0 Å². The minimum absolute atomic E-state index is 0.285. The van der Waals surface area contributed by atoms with E-state index in [0.29, 0.717) is 5.95 Å². The van der Waals surface area contributed by atoms with Crippen molar-refractivity contribution < 1.29 is 5.11 Å². The number of nitrogens with one attached hydrogen (secondary N) is 1. The molecule has 0 saturated heterocycles. The first-order chi connectivity index (χ1) is 8.54. The molecule has 0 aliphatic heterocycles. The van der Waals surface area contributed by atoms with E-state index in [-0.39, 0.29) is 6.10 Å². The fourth-order valence-electron chi connectivity index (χ4n) is 1.63. The van der Waals surface area contributed by atoms with Crippen LogP contribution in [0.5, 0.6) is 0 Å². The third kappa shape index (κ3) is 4.49. The standard InChI is InChI=1S/C13H24N4O/c1-5-7-14-13-15-9-10(2)12(16-13)17(4)8-6-11(3)18/h9,11,18H,5-8H2,1-4H3,(H,14,15,16). The third-order valence-corrected chi connectivity index (χ3v) is 2.72. The molecule has 1 aromatic rings. The van der Waals surface area contributed by atoms with E-state index < -0.39 is 0 Å². The van der Waals surface area contributed by atoms with E-state index >= 15 is 0 Å². The molecule has 0 bridgehead atoms. The molecule has 0 radical (unpaired) electrons. The van der Waals surface area contributed by atoms with Gasteiger partial charge >= 0.3 is 0 Å². The molecule has 0 amide bonds. The molecule has 1 unspecified atom stereocenters. The maximum absolute atomic E-state index is 9.32. The van der Waals surface area contributed by atoms with Crippen LogP contribution in [0.25, 0.3) is 0 Å². The van der Waals surface area contributed by atoms with Crippen LogP contribution in [0.2, 0.25) is 0 Å². The van der Waals surface area contributed by atoms with Crippen molar-refractivity contribution in [3.63, 3.8) is 0 Å². The summed E-state index contributed by atoms with van der Waals surface area (Å²) >= 11 is 0. The summed E-state index contributed by atoms with van der Waals surface area (Å²) in [6.07, 6.45) is 3.33. The zero-order valence-corrected chi connectivity index (χ0v) is 11.8. The average Bonchev–Trinajstić information content (AvgIpc) is 2.35. The molecular formula is C13H24N4O. The van der Waals surface area contributed by atoms with Crippen molar-refractivity contribution in [2.24, 2.45) is 0 Å². The topological polar surface area (TPSA) is 61.3 Å². The Morgan fingerprint density at radius 1 is 1.50 bits per heavy atom. The molecule has 0 spiro atoms. The molecular weight excluding hydrogens is 228 g/mol. The van der Waals surface area contributed by atoms with Crippen molar-refractivity contribution in [2.75, 3.05) is 30.4 Å². The molecule has 0 aromatic carbocycles. The van der Waals surface area contributed by atoms with E-state index in [1.54, 1.807) is 6.92 Å². The number of aryl methyl sites for hydroxylation is 1. The summed E-state index contributed by atoms with van der Waals surface area (Å²) in [5.41, 5.74) is 1.05. The molecule has 0 aliphatic rings. The van der Waals surface area contributed by atoms with Gasteiger partial charge in [0.15, 0.2) is 0 Å². The number of aliphatic hydroxyl groups is 1. The number of aliphatic hydroxyl groups excluding tert-OH is 1. The fraction of sp³-hybridized carbons (Fsp3) is 0.692. The first kappa shape index (κ1) is 14.7. The maximum atomic E-state index is 9.32. The van der Waals surface area contributed by atoms with Gasteiger partial charge in [-0.1, -0.05) is 6.92 Å². The predicted octanol–water partition coefficient (Wildman–Crippen LogP) is 1.81. The fourth-order valence-corrected chi connectivity index (χ4v) is 1.63. The van der Waals surface area contributed by atoms with Crippen LogP contribution < -0.4 is 10.2 Å². The Bertz CT molecular complexity index is 368. The smallest absolute Gasteiger partial charge is 0.224 e. The summed E-state index contributed by atoms with van der Waals surface area (Å²) in [6, 6.07) is 0. The lowest BCUT2D eigenvalue weighted by Gasteiger charge is -2.21. The monoisotopic (exact) mass is 252 g/mol. The minimum atomic E-state index is -0.285. The second-order valence-corrected chi connectivity index (χ2v) is 4.69. The maximum Gasteiger partial charge on any atom is 0.224 e. The summed E-state index contributed by atoms with van der Waals surface area (Å²) < 4.78 is 0. The number of nitrogens with zero attached hydrogens (tertiary/aromatic N) is 3. The molecule has 1 heterocycles. The summed E-state index contributed by atoms with van der Waals surface area (Å²) in [6.45, 7) is 7.56. The highest BCUT2D eigenvalue weighted by Crippen LogP contribution is 2.17. The summed E-state index contributed by atoms with van der Waals surface area (Å²) in [5.74, 6) is 1.59. The normalized spacial score (nSPS) is 12.3. The van der Waals surface area contributed by atoms with E-state index in [9.17, 15) is 5.11 Å². The summed E-state index contributed by atoms with van der Waals surface area (Å²) in [4.78, 5) is 10.8. The van der Waals surface area contributed by atoms with E-state index in [4.69, 9.17) is 0 Å². The number of aromatic nitrogens is 2. The van der Waals surface area contributed by atoms with Crippen LogP contribution in [0.15, 0.2) is 6.20 Å². The van der Waals surface area contributed by atoms with E-state index in [2.05, 4.69) is 27.1 Å². The molecule has 5 nitrogen and oxygen atoms in total. The third-order valence-electron chi connectivity index (χ3n) is 2.72. The van der Waals surface area contributed by atoms with Crippen molar-refractivity contribution in [3.05, 3.63) is 11.8 Å². The van der Waals surface area contributed by atoms with Crippen LogP contribution in [-0.4, -0.2) is 41.3 Å². The molecule has 0 saturated carbocycles. The van der Waals surface area contributed by atoms with Crippen molar-refractivity contribution in [2.45, 2.75) is 39.7 Å². The first-order valence-corrected chi connectivity index (χ1v) is 6.51. The molecule has 1 atom stereocenters. The SMILES string of the molecule is CCCNc1ncc(C)c(N(C)CCC(C)O)n1. The Hall–Kier alpha value is -1.36. The van der Waals surface area contributed by atoms with Crippen LogP contribution in [0, 0.1) is 6.92 Å². The van der Waals surface area contributed by atoms with Crippen LogP contribution in [0.4, 0.5) is 11.8 Å². The van der Waals surface area contributed by atoms with E-state index in [0.717, 1.165) is 37.3 Å². The van der Waals surface area contributed by atoms with Crippen molar-refractivity contribution in [3.8, 4) is 0 Å². The van der Waals surface area contributed by atoms with Crippen LogP contribution in [0.1, 0.15) is 32.3 Å². The van der Waals surface area contributed by atoms with Gasteiger partial charge in [-0.15, -0.1) is 0 Å².